The van der Waals surface area contributed by atoms with Gasteiger partial charge in [0.2, 0.25) is 0 Å². The van der Waals surface area contributed by atoms with Crippen LogP contribution in [0.15, 0.2) is 40.5 Å². The Morgan fingerprint density at radius 3 is 2.79 bits per heavy atom. The lowest BCUT2D eigenvalue weighted by molar-refractivity contribution is 0.893. The minimum Gasteiger partial charge on any atom is -0.308 e. The number of hydrogen-bond acceptors (Lipinski definition) is 6. The molecule has 0 amide bonds. The van der Waals surface area contributed by atoms with Crippen LogP contribution in [0.3, 0.4) is 0 Å². The largest absolute Gasteiger partial charge is 0.308 e. The van der Waals surface area contributed by atoms with E-state index < -0.39 is 0 Å². The summed E-state index contributed by atoms with van der Waals surface area (Å²) in [6, 6.07) is 9.61. The van der Waals surface area contributed by atoms with Crippen LogP contribution >= 0.6 is 35.1 Å². The van der Waals surface area contributed by atoms with Gasteiger partial charge in [-0.25, -0.2) is 15.8 Å². The first-order valence-corrected chi connectivity index (χ1v) is 8.07. The van der Waals surface area contributed by atoms with Crippen LogP contribution in [0.2, 0.25) is 5.02 Å². The van der Waals surface area contributed by atoms with E-state index in [1.165, 1.54) is 11.8 Å². The SMILES string of the molecule is CSc1nc(NN)cc(SCc2ccccc2Cl)n1. The van der Waals surface area contributed by atoms with Crippen molar-refractivity contribution in [3.8, 4) is 0 Å². The van der Waals surface area contributed by atoms with Crippen molar-refractivity contribution in [1.82, 2.24) is 9.97 Å². The molecule has 2 aromatic rings. The monoisotopic (exact) mass is 312 g/mol. The van der Waals surface area contributed by atoms with Gasteiger partial charge in [-0.05, 0) is 17.9 Å². The lowest BCUT2D eigenvalue weighted by atomic mass is 10.2. The third kappa shape index (κ3) is 4.01. The van der Waals surface area contributed by atoms with E-state index in [0.29, 0.717) is 11.0 Å². The molecule has 0 aliphatic heterocycles. The van der Waals surface area contributed by atoms with E-state index in [-0.39, 0.29) is 0 Å². The average Bonchev–Trinajstić information content (AvgIpc) is 2.46. The summed E-state index contributed by atoms with van der Waals surface area (Å²) in [4.78, 5) is 8.64. The van der Waals surface area contributed by atoms with Crippen LogP contribution in [0, 0.1) is 0 Å². The van der Waals surface area contributed by atoms with Crippen molar-refractivity contribution >= 4 is 40.9 Å². The summed E-state index contributed by atoms with van der Waals surface area (Å²) in [5, 5.41) is 2.33. The molecule has 0 spiro atoms. The fourth-order valence-electron chi connectivity index (χ4n) is 1.41. The van der Waals surface area contributed by atoms with E-state index in [4.69, 9.17) is 17.4 Å². The fraction of sp³-hybridized carbons (Fsp3) is 0.167. The Bertz CT molecular complexity index is 543. The van der Waals surface area contributed by atoms with Crippen molar-refractivity contribution in [1.29, 1.82) is 0 Å². The van der Waals surface area contributed by atoms with Gasteiger partial charge in [-0.1, -0.05) is 41.6 Å². The predicted molar refractivity (Wildman–Crippen MR) is 82.6 cm³/mol. The maximum absolute atomic E-state index is 6.13. The van der Waals surface area contributed by atoms with Gasteiger partial charge >= 0.3 is 0 Å². The summed E-state index contributed by atoms with van der Waals surface area (Å²) in [6.45, 7) is 0. The Morgan fingerprint density at radius 2 is 2.11 bits per heavy atom. The summed E-state index contributed by atoms with van der Waals surface area (Å²) < 4.78 is 0. The number of anilines is 1. The fourth-order valence-corrected chi connectivity index (χ4v) is 3.03. The molecule has 1 heterocycles. The van der Waals surface area contributed by atoms with Crippen molar-refractivity contribution < 1.29 is 0 Å². The zero-order valence-corrected chi connectivity index (χ0v) is 12.6. The average molecular weight is 313 g/mol. The number of nitrogens with one attached hydrogen (secondary N) is 1. The maximum Gasteiger partial charge on any atom is 0.190 e. The van der Waals surface area contributed by atoms with Gasteiger partial charge in [-0.2, -0.15) is 0 Å². The molecule has 1 aromatic heterocycles. The molecule has 0 saturated heterocycles. The predicted octanol–water partition coefficient (Wildman–Crippen LogP) is 3.43. The van der Waals surface area contributed by atoms with Crippen LogP contribution < -0.4 is 11.3 Å². The van der Waals surface area contributed by atoms with Crippen LogP contribution in [-0.4, -0.2) is 16.2 Å². The van der Waals surface area contributed by atoms with E-state index >= 15 is 0 Å². The van der Waals surface area contributed by atoms with E-state index in [2.05, 4.69) is 15.4 Å². The van der Waals surface area contributed by atoms with E-state index in [0.717, 1.165) is 21.4 Å². The smallest absolute Gasteiger partial charge is 0.190 e. The van der Waals surface area contributed by atoms with Gasteiger partial charge in [0.05, 0.1) is 0 Å². The summed E-state index contributed by atoms with van der Waals surface area (Å²) in [5.74, 6) is 6.76. The molecule has 0 radical (unpaired) electrons. The number of halogens is 1. The van der Waals surface area contributed by atoms with Crippen molar-refractivity contribution in [2.24, 2.45) is 5.84 Å². The Labute approximate surface area is 125 Å². The first-order chi connectivity index (χ1) is 9.22. The summed E-state index contributed by atoms with van der Waals surface area (Å²) >= 11 is 9.21. The standard InChI is InChI=1S/C12H13ClN4S2/c1-18-12-15-10(17-14)6-11(16-12)19-7-8-4-2-3-5-9(8)13/h2-6H,7,14H2,1H3,(H,15,16,17). The summed E-state index contributed by atoms with van der Waals surface area (Å²) in [5.41, 5.74) is 3.63. The number of hydrazine groups is 1. The van der Waals surface area contributed by atoms with Gasteiger partial charge < -0.3 is 5.43 Å². The third-order valence-electron chi connectivity index (χ3n) is 2.35. The molecule has 3 N–H and O–H groups in total. The zero-order chi connectivity index (χ0) is 13.7. The maximum atomic E-state index is 6.13. The van der Waals surface area contributed by atoms with Gasteiger partial charge in [-0.15, -0.1) is 11.8 Å². The number of hydrogen-bond donors (Lipinski definition) is 2. The molecular weight excluding hydrogens is 300 g/mol. The second-order valence-electron chi connectivity index (χ2n) is 3.60. The number of benzene rings is 1. The Balaban J connectivity index is 2.13. The van der Waals surface area contributed by atoms with Gasteiger partial charge in [0.15, 0.2) is 5.16 Å². The zero-order valence-electron chi connectivity index (χ0n) is 10.3. The van der Waals surface area contributed by atoms with Gasteiger partial charge in [0.1, 0.15) is 10.8 Å². The van der Waals surface area contributed by atoms with Crippen LogP contribution in [0.5, 0.6) is 0 Å². The Kier molecular flexibility index (Phi) is 5.33. The summed E-state index contributed by atoms with van der Waals surface area (Å²) in [7, 11) is 0. The van der Waals surface area contributed by atoms with Crippen molar-refractivity contribution in [2.45, 2.75) is 15.9 Å². The molecule has 19 heavy (non-hydrogen) atoms. The number of nitrogen functional groups attached to an aromatic ring is 1. The lowest BCUT2D eigenvalue weighted by Crippen LogP contribution is -2.09. The molecule has 1 aromatic carbocycles. The highest BCUT2D eigenvalue weighted by Crippen LogP contribution is 2.27. The molecule has 0 aliphatic rings. The van der Waals surface area contributed by atoms with Crippen molar-refractivity contribution in [3.05, 3.63) is 40.9 Å². The highest BCUT2D eigenvalue weighted by Gasteiger charge is 2.06. The first kappa shape index (κ1) is 14.5. The summed E-state index contributed by atoms with van der Waals surface area (Å²) in [6.07, 6.45) is 1.93. The minimum atomic E-state index is 0.612. The molecule has 0 saturated carbocycles. The number of rotatable bonds is 5. The Hall–Kier alpha value is -0.950. The van der Waals surface area contributed by atoms with Crippen molar-refractivity contribution in [3.63, 3.8) is 0 Å². The van der Waals surface area contributed by atoms with Crippen LogP contribution in [0.1, 0.15) is 5.56 Å². The van der Waals surface area contributed by atoms with Crippen molar-refractivity contribution in [2.75, 3.05) is 11.7 Å². The molecule has 0 atom stereocenters. The third-order valence-corrected chi connectivity index (χ3v) is 4.22. The highest BCUT2D eigenvalue weighted by molar-refractivity contribution is 7.99. The second kappa shape index (κ2) is 7.00. The molecule has 0 bridgehead atoms. The van der Waals surface area contributed by atoms with E-state index in [9.17, 15) is 0 Å². The topological polar surface area (TPSA) is 63.8 Å². The molecule has 0 aliphatic carbocycles. The van der Waals surface area contributed by atoms with Crippen LogP contribution in [-0.2, 0) is 5.75 Å². The molecular formula is C12H13ClN4S2. The quantitative estimate of drug-likeness (QED) is 0.290. The van der Waals surface area contributed by atoms with Crippen LogP contribution in [0.4, 0.5) is 5.82 Å². The van der Waals surface area contributed by atoms with Gasteiger partial charge in [0.25, 0.3) is 0 Å². The Morgan fingerprint density at radius 1 is 1.32 bits per heavy atom. The number of nitrogens with two attached hydrogens (primary N) is 1. The highest BCUT2D eigenvalue weighted by atomic mass is 35.5. The number of thioether (sulfide) groups is 2. The molecule has 4 nitrogen and oxygen atoms in total. The molecule has 7 heteroatoms. The van der Waals surface area contributed by atoms with Crippen LogP contribution in [0.25, 0.3) is 0 Å². The molecule has 2 rings (SSSR count). The first-order valence-electron chi connectivity index (χ1n) is 5.49. The minimum absolute atomic E-state index is 0.612. The number of aromatic nitrogens is 2. The lowest BCUT2D eigenvalue weighted by Gasteiger charge is -2.07. The van der Waals surface area contributed by atoms with E-state index in [1.54, 1.807) is 11.8 Å². The normalized spacial score (nSPS) is 10.5. The molecule has 100 valence electrons. The second-order valence-corrected chi connectivity index (χ2v) is 5.78. The molecule has 0 unspecified atom stereocenters. The number of nitrogens with zero attached hydrogens (tertiary/aromatic N) is 2. The van der Waals surface area contributed by atoms with Gasteiger partial charge in [0, 0.05) is 16.8 Å². The van der Waals surface area contributed by atoms with Gasteiger partial charge in [-0.3, -0.25) is 0 Å². The van der Waals surface area contributed by atoms with E-state index in [1.807, 2.05) is 36.6 Å². The molecule has 0 fully saturated rings.